The zero-order valence-corrected chi connectivity index (χ0v) is 19.4. The molecule has 0 atom stereocenters. The van der Waals surface area contributed by atoms with E-state index in [0.29, 0.717) is 38.7 Å². The van der Waals surface area contributed by atoms with Crippen molar-refractivity contribution >= 4 is 51.4 Å². The van der Waals surface area contributed by atoms with Crippen molar-refractivity contribution in [1.82, 2.24) is 24.9 Å². The Morgan fingerprint density at radius 3 is 2.54 bits per heavy atom. The molecule has 158 valence electrons. The second-order valence-corrected chi connectivity index (χ2v) is 9.11. The van der Waals surface area contributed by atoms with Crippen molar-refractivity contribution in [1.29, 1.82) is 0 Å². The van der Waals surface area contributed by atoms with Crippen molar-refractivity contribution < 1.29 is 13.2 Å². The molecule has 3 rings (SSSR count). The fraction of sp³-hybridized carbons (Fsp3) is 0.688. The first-order valence-corrected chi connectivity index (χ1v) is 10.9. The van der Waals surface area contributed by atoms with Gasteiger partial charge in [-0.15, -0.1) is 24.0 Å². The van der Waals surface area contributed by atoms with Crippen LogP contribution in [0.15, 0.2) is 17.4 Å². The van der Waals surface area contributed by atoms with E-state index in [-0.39, 0.29) is 47.9 Å². The molecule has 0 saturated carbocycles. The Labute approximate surface area is 182 Å². The van der Waals surface area contributed by atoms with Crippen LogP contribution in [-0.2, 0) is 21.7 Å². The average Bonchev–Trinajstić information content (AvgIpc) is 3.06. The molecule has 0 aromatic carbocycles. The zero-order chi connectivity index (χ0) is 19.4. The van der Waals surface area contributed by atoms with E-state index in [0.717, 1.165) is 12.2 Å². The van der Waals surface area contributed by atoms with Crippen LogP contribution in [-0.4, -0.2) is 104 Å². The highest BCUT2D eigenvalue weighted by atomic mass is 127. The third-order valence-electron chi connectivity index (χ3n) is 4.88. The number of sulfone groups is 1. The summed E-state index contributed by atoms with van der Waals surface area (Å²) in [4.78, 5) is 22.6. The lowest BCUT2D eigenvalue weighted by atomic mass is 10.3. The maximum Gasteiger partial charge on any atom is 0.246 e. The molecule has 0 spiro atoms. The van der Waals surface area contributed by atoms with Crippen LogP contribution in [0.5, 0.6) is 0 Å². The molecule has 1 amide bonds. The van der Waals surface area contributed by atoms with Gasteiger partial charge in [0.2, 0.25) is 5.91 Å². The molecule has 0 bridgehead atoms. The Balaban J connectivity index is 0.00000280. The summed E-state index contributed by atoms with van der Waals surface area (Å²) in [5, 5.41) is 7.41. The summed E-state index contributed by atoms with van der Waals surface area (Å²) in [6.45, 7) is 4.08. The third kappa shape index (κ3) is 5.80. The number of halogens is 1. The van der Waals surface area contributed by atoms with E-state index in [1.165, 1.54) is 0 Å². The number of aromatic nitrogens is 2. The monoisotopic (exact) mass is 525 g/mol. The van der Waals surface area contributed by atoms with Crippen molar-refractivity contribution in [3.05, 3.63) is 12.4 Å². The molecule has 28 heavy (non-hydrogen) atoms. The molecule has 3 heterocycles. The van der Waals surface area contributed by atoms with Gasteiger partial charge in [0.15, 0.2) is 15.8 Å². The highest BCUT2D eigenvalue weighted by Gasteiger charge is 2.28. The molecule has 2 aliphatic heterocycles. The third-order valence-corrected chi connectivity index (χ3v) is 6.49. The van der Waals surface area contributed by atoms with Crippen LogP contribution in [0, 0.1) is 0 Å². The Bertz CT molecular complexity index is 797. The summed E-state index contributed by atoms with van der Waals surface area (Å²) in [5.74, 6) is 1.16. The van der Waals surface area contributed by atoms with Crippen LogP contribution in [0.4, 0.5) is 5.69 Å². The number of anilines is 1. The lowest BCUT2D eigenvalue weighted by Crippen LogP contribution is -2.56. The number of nitrogens with zero attached hydrogens (tertiary/aromatic N) is 6. The van der Waals surface area contributed by atoms with Gasteiger partial charge in [-0.2, -0.15) is 5.10 Å². The van der Waals surface area contributed by atoms with Crippen LogP contribution < -0.4 is 10.2 Å². The standard InChI is InChI=1S/C16H27N7O3S.HI/c1-17-16(18-3-4-21-7-9-27(25,26)10-8-21)22-5-6-23(15(24)13-22)14-11-19-20(2)12-14;/h11-12H,3-10,13H2,1-2H3,(H,17,18);1H. The van der Waals surface area contributed by atoms with Crippen LogP contribution >= 0.6 is 24.0 Å². The molecule has 2 fully saturated rings. The maximum absolute atomic E-state index is 12.5. The van der Waals surface area contributed by atoms with Crippen molar-refractivity contribution in [3.8, 4) is 0 Å². The normalized spacial score (nSPS) is 20.8. The lowest BCUT2D eigenvalue weighted by molar-refractivity contribution is -0.120. The summed E-state index contributed by atoms with van der Waals surface area (Å²) in [7, 11) is 0.676. The van der Waals surface area contributed by atoms with E-state index in [1.807, 2.05) is 18.1 Å². The Morgan fingerprint density at radius 2 is 1.96 bits per heavy atom. The molecule has 2 saturated heterocycles. The first-order chi connectivity index (χ1) is 12.9. The highest BCUT2D eigenvalue weighted by molar-refractivity contribution is 14.0. The Kier molecular flexibility index (Phi) is 8.07. The number of guanidine groups is 1. The smallest absolute Gasteiger partial charge is 0.246 e. The Hall–Kier alpha value is -1.41. The van der Waals surface area contributed by atoms with Crippen LogP contribution in [0.2, 0.25) is 0 Å². The van der Waals surface area contributed by atoms with Gasteiger partial charge in [-0.3, -0.25) is 19.4 Å². The minimum Gasteiger partial charge on any atom is -0.355 e. The molecule has 2 aliphatic rings. The zero-order valence-electron chi connectivity index (χ0n) is 16.2. The van der Waals surface area contributed by atoms with Crippen LogP contribution in [0.1, 0.15) is 0 Å². The summed E-state index contributed by atoms with van der Waals surface area (Å²) in [5.41, 5.74) is 0.810. The van der Waals surface area contributed by atoms with E-state index in [1.54, 1.807) is 22.8 Å². The average molecular weight is 525 g/mol. The second kappa shape index (κ2) is 9.87. The number of carbonyl (C=O) groups is 1. The fourth-order valence-electron chi connectivity index (χ4n) is 3.31. The van der Waals surface area contributed by atoms with Gasteiger partial charge in [-0.05, 0) is 0 Å². The minimum atomic E-state index is -2.85. The first kappa shape index (κ1) is 22.9. The number of amides is 1. The second-order valence-electron chi connectivity index (χ2n) is 6.81. The van der Waals surface area contributed by atoms with Gasteiger partial charge < -0.3 is 15.1 Å². The van der Waals surface area contributed by atoms with E-state index in [4.69, 9.17) is 0 Å². The summed E-state index contributed by atoms with van der Waals surface area (Å²) >= 11 is 0. The van der Waals surface area contributed by atoms with Crippen molar-refractivity contribution in [2.24, 2.45) is 12.0 Å². The lowest BCUT2D eigenvalue weighted by Gasteiger charge is -2.35. The predicted octanol–water partition coefficient (Wildman–Crippen LogP) is -1.01. The van der Waals surface area contributed by atoms with E-state index < -0.39 is 9.84 Å². The van der Waals surface area contributed by atoms with Crippen molar-refractivity contribution in [2.45, 2.75) is 0 Å². The van der Waals surface area contributed by atoms with Gasteiger partial charge in [0, 0.05) is 59.6 Å². The van der Waals surface area contributed by atoms with E-state index >= 15 is 0 Å². The van der Waals surface area contributed by atoms with Gasteiger partial charge in [0.25, 0.3) is 0 Å². The summed E-state index contributed by atoms with van der Waals surface area (Å²) in [6, 6.07) is 0. The summed E-state index contributed by atoms with van der Waals surface area (Å²) in [6.07, 6.45) is 3.53. The molecule has 0 radical (unpaired) electrons. The SMILES string of the molecule is CN=C(NCCN1CCS(=O)(=O)CC1)N1CCN(c2cnn(C)c2)C(=O)C1.I. The van der Waals surface area contributed by atoms with Gasteiger partial charge in [-0.25, -0.2) is 8.42 Å². The van der Waals surface area contributed by atoms with E-state index in [9.17, 15) is 13.2 Å². The van der Waals surface area contributed by atoms with Gasteiger partial charge in [0.1, 0.15) is 6.54 Å². The molecular formula is C16H28IN7O3S. The molecule has 12 heteroatoms. The van der Waals surface area contributed by atoms with Gasteiger partial charge in [-0.1, -0.05) is 0 Å². The molecular weight excluding hydrogens is 497 g/mol. The first-order valence-electron chi connectivity index (χ1n) is 9.05. The molecule has 1 aromatic heterocycles. The number of piperazine rings is 1. The van der Waals surface area contributed by atoms with Crippen LogP contribution in [0.3, 0.4) is 0 Å². The molecule has 0 aliphatic carbocycles. The largest absolute Gasteiger partial charge is 0.355 e. The minimum absolute atomic E-state index is 0. The Morgan fingerprint density at radius 1 is 1.25 bits per heavy atom. The van der Waals surface area contributed by atoms with Crippen molar-refractivity contribution in [2.75, 3.05) is 69.3 Å². The fourth-order valence-corrected chi connectivity index (χ4v) is 4.58. The molecule has 1 N–H and O–H groups in total. The summed E-state index contributed by atoms with van der Waals surface area (Å²) < 4.78 is 24.6. The van der Waals surface area contributed by atoms with Crippen LogP contribution in [0.25, 0.3) is 0 Å². The number of rotatable bonds is 4. The topological polar surface area (TPSA) is 103 Å². The number of aryl methyl sites for hydroxylation is 1. The number of hydrogen-bond acceptors (Lipinski definition) is 6. The maximum atomic E-state index is 12.5. The number of hydrogen-bond donors (Lipinski definition) is 1. The van der Waals surface area contributed by atoms with Gasteiger partial charge in [0.05, 0.1) is 23.4 Å². The quantitative estimate of drug-likeness (QED) is 0.306. The van der Waals surface area contributed by atoms with E-state index in [2.05, 4.69) is 20.3 Å². The van der Waals surface area contributed by atoms with Gasteiger partial charge >= 0.3 is 0 Å². The molecule has 10 nitrogen and oxygen atoms in total. The molecule has 0 unspecified atom stereocenters. The van der Waals surface area contributed by atoms with Crippen molar-refractivity contribution in [3.63, 3.8) is 0 Å². The highest BCUT2D eigenvalue weighted by Crippen LogP contribution is 2.16. The number of aliphatic imine (C=N–C) groups is 1. The number of carbonyl (C=O) groups excluding carboxylic acids is 1. The number of nitrogens with one attached hydrogen (secondary N) is 1. The molecule has 1 aromatic rings. The predicted molar refractivity (Wildman–Crippen MR) is 119 cm³/mol.